The molecule has 0 radical (unpaired) electrons. The number of hydrogen-bond donors (Lipinski definition) is 2. The fourth-order valence-corrected chi connectivity index (χ4v) is 10.4. The van der Waals surface area contributed by atoms with E-state index in [-0.39, 0.29) is 28.3 Å². The number of nitrogen functional groups attached to an aromatic ring is 1. The molecule has 186 valence electrons. The molecule has 0 unspecified atom stereocenters. The summed E-state index contributed by atoms with van der Waals surface area (Å²) in [5.41, 5.74) is 8.95. The average Bonchev–Trinajstić information content (AvgIpc) is 2.50. The molecule has 0 amide bonds. The van der Waals surface area contributed by atoms with E-state index in [4.69, 9.17) is 10.3 Å². The van der Waals surface area contributed by atoms with Gasteiger partial charge in [0.1, 0.15) is 0 Å². The van der Waals surface area contributed by atoms with Crippen LogP contribution in [0.1, 0.15) is 62.3 Å². The van der Waals surface area contributed by atoms with Crippen LogP contribution >= 0.6 is 7.92 Å². The fraction of sp³-hybridized carbons (Fsp3) is 0.520. The summed E-state index contributed by atoms with van der Waals surface area (Å²) in [6.07, 6.45) is 0.715. The van der Waals surface area contributed by atoms with Gasteiger partial charge in [0.15, 0.2) is 0 Å². The van der Waals surface area contributed by atoms with E-state index in [9.17, 15) is 8.42 Å². The first-order chi connectivity index (χ1) is 13.7. The number of hydrogen-bond acceptors (Lipinski definition) is 3. The Morgan fingerprint density at radius 3 is 1.31 bits per heavy atom. The topological polar surface area (TPSA) is 80.4 Å². The quantitative estimate of drug-likeness (QED) is 0.162. The van der Waals surface area contributed by atoms with Gasteiger partial charge in [0.25, 0.3) is 10.1 Å². The Kier molecular flexibility index (Phi) is 13.8. The van der Waals surface area contributed by atoms with Crippen molar-refractivity contribution in [3.63, 3.8) is 0 Å². The average molecular weight is 574 g/mol. The monoisotopic (exact) mass is 573 g/mol. The summed E-state index contributed by atoms with van der Waals surface area (Å²) >= 11 is 0. The van der Waals surface area contributed by atoms with Crippen molar-refractivity contribution < 1.29 is 33.4 Å². The van der Waals surface area contributed by atoms with Gasteiger partial charge in [-0.2, -0.15) is 8.42 Å². The first-order valence-corrected chi connectivity index (χ1v) is 13.6. The van der Waals surface area contributed by atoms with E-state index in [0.29, 0.717) is 21.7 Å². The molecule has 0 atom stereocenters. The van der Waals surface area contributed by atoms with Crippen molar-refractivity contribution >= 4 is 23.7 Å². The van der Waals surface area contributed by atoms with Gasteiger partial charge in [0.2, 0.25) is 0 Å². The van der Waals surface area contributed by atoms with E-state index in [1.165, 1.54) is 5.56 Å². The maximum atomic E-state index is 9.19. The molecule has 0 aromatic heterocycles. The van der Waals surface area contributed by atoms with Crippen LogP contribution in [0.25, 0.3) is 11.1 Å². The Hall–Kier alpha value is -0.758. The first-order valence-electron chi connectivity index (χ1n) is 10.4. The van der Waals surface area contributed by atoms with Crippen molar-refractivity contribution in [2.24, 2.45) is 0 Å². The third-order valence-electron chi connectivity index (χ3n) is 4.06. The minimum absolute atomic E-state index is 0. The molecule has 0 aliphatic rings. The summed E-state index contributed by atoms with van der Waals surface area (Å²) in [6.45, 7) is 21.5. The van der Waals surface area contributed by atoms with Gasteiger partial charge in [0, 0.05) is 31.7 Å². The van der Waals surface area contributed by atoms with Gasteiger partial charge in [-0.05, 0) is 27.1 Å². The van der Waals surface area contributed by atoms with Crippen LogP contribution in [0, 0.1) is 0 Å². The van der Waals surface area contributed by atoms with Crippen molar-refractivity contribution in [2.45, 2.75) is 77.8 Å². The zero-order valence-corrected chi connectivity index (χ0v) is 24.5. The Labute approximate surface area is 211 Å². The zero-order chi connectivity index (χ0) is 24.7. The van der Waals surface area contributed by atoms with Crippen molar-refractivity contribution in [3.8, 4) is 11.1 Å². The number of anilines is 1. The molecule has 7 heteroatoms. The Bertz CT molecular complexity index is 856. The van der Waals surface area contributed by atoms with Crippen LogP contribution < -0.4 is 5.73 Å². The summed E-state index contributed by atoms with van der Waals surface area (Å²) in [6, 6.07) is 18.1. The van der Waals surface area contributed by atoms with Crippen LogP contribution in [-0.4, -0.2) is 34.7 Å². The molecule has 0 spiro atoms. The molecule has 0 bridgehead atoms. The fourth-order valence-electron chi connectivity index (χ4n) is 4.40. The third kappa shape index (κ3) is 14.4. The molecule has 0 saturated heterocycles. The smallest absolute Gasteiger partial charge is 0.261 e. The summed E-state index contributed by atoms with van der Waals surface area (Å²) in [4.78, 5) is 0. The first kappa shape index (κ1) is 33.4. The SMILES string of the molecule is CC(C)(C)P(C(C)(C)C)C(C)(C)C.CS(=O)(=O)O.Nc1ccccc1-c1ccccc1.[Pd]. The minimum atomic E-state index is -3.67. The van der Waals surface area contributed by atoms with Crippen LogP contribution in [0.2, 0.25) is 0 Å². The normalized spacial score (nSPS) is 12.0. The molecule has 0 fully saturated rings. The molecule has 2 aromatic rings. The molecule has 0 aliphatic heterocycles. The van der Waals surface area contributed by atoms with Crippen molar-refractivity contribution in [3.05, 3.63) is 54.6 Å². The molecule has 0 saturated carbocycles. The van der Waals surface area contributed by atoms with E-state index in [1.807, 2.05) is 42.5 Å². The van der Waals surface area contributed by atoms with Crippen LogP contribution in [0.15, 0.2) is 54.6 Å². The van der Waals surface area contributed by atoms with Crippen LogP contribution in [0.4, 0.5) is 5.69 Å². The molecule has 32 heavy (non-hydrogen) atoms. The van der Waals surface area contributed by atoms with Crippen molar-refractivity contribution in [1.29, 1.82) is 0 Å². The molecule has 0 heterocycles. The van der Waals surface area contributed by atoms with E-state index >= 15 is 0 Å². The van der Waals surface area contributed by atoms with E-state index in [0.717, 1.165) is 11.3 Å². The summed E-state index contributed by atoms with van der Waals surface area (Å²) < 4.78 is 25.9. The molecular weight excluding hydrogens is 532 g/mol. The number of benzene rings is 2. The largest absolute Gasteiger partial charge is 0.398 e. The van der Waals surface area contributed by atoms with E-state index < -0.39 is 10.1 Å². The Balaban J connectivity index is 0. The van der Waals surface area contributed by atoms with Gasteiger partial charge in [-0.15, -0.1) is 0 Å². The molecule has 4 nitrogen and oxygen atoms in total. The van der Waals surface area contributed by atoms with Gasteiger partial charge >= 0.3 is 0 Å². The van der Waals surface area contributed by atoms with Gasteiger partial charge < -0.3 is 5.73 Å². The van der Waals surface area contributed by atoms with E-state index in [1.54, 1.807) is 0 Å². The Morgan fingerprint density at radius 1 is 0.719 bits per heavy atom. The van der Waals surface area contributed by atoms with Crippen molar-refractivity contribution in [2.75, 3.05) is 12.0 Å². The molecule has 2 aromatic carbocycles. The zero-order valence-electron chi connectivity index (χ0n) is 21.2. The van der Waals surface area contributed by atoms with Crippen LogP contribution in [-0.2, 0) is 30.5 Å². The van der Waals surface area contributed by atoms with Gasteiger partial charge in [0.05, 0.1) is 6.26 Å². The predicted molar refractivity (Wildman–Crippen MR) is 140 cm³/mol. The van der Waals surface area contributed by atoms with Gasteiger partial charge in [-0.1, -0.05) is 119 Å². The Morgan fingerprint density at radius 2 is 1.03 bits per heavy atom. The number of rotatable bonds is 1. The van der Waals surface area contributed by atoms with E-state index in [2.05, 4.69) is 74.4 Å². The van der Waals surface area contributed by atoms with Crippen LogP contribution in [0.3, 0.4) is 0 Å². The standard InChI is InChI=1S/C12H11N.C12H27P.CH4O3S.Pd/c13-12-9-5-4-8-11(12)10-6-2-1-3-7-10;1-10(2,3)13(11(4,5)6)12(7,8)9;1-5(2,3)4;/h1-9H,13H2;1-9H3;1H3,(H,2,3,4);. The third-order valence-corrected chi connectivity index (χ3v) is 8.08. The summed E-state index contributed by atoms with van der Waals surface area (Å²) in [5.74, 6) is 0. The minimum Gasteiger partial charge on any atom is -0.398 e. The van der Waals surface area contributed by atoms with Gasteiger partial charge in [-0.25, -0.2) is 0 Å². The molecule has 0 aliphatic carbocycles. The van der Waals surface area contributed by atoms with Crippen LogP contribution in [0.5, 0.6) is 0 Å². The second-order valence-corrected chi connectivity index (χ2v) is 16.7. The predicted octanol–water partition coefficient (Wildman–Crippen LogP) is 7.30. The number of para-hydroxylation sites is 1. The summed E-state index contributed by atoms with van der Waals surface area (Å²) in [5, 5.41) is 1.35. The summed E-state index contributed by atoms with van der Waals surface area (Å²) in [7, 11) is -3.65. The maximum absolute atomic E-state index is 9.19. The maximum Gasteiger partial charge on any atom is 0.261 e. The second kappa shape index (κ2) is 13.2. The number of nitrogens with two attached hydrogens (primary N) is 1. The second-order valence-electron chi connectivity index (χ2n) is 10.5. The van der Waals surface area contributed by atoms with Gasteiger partial charge in [-0.3, -0.25) is 4.55 Å². The molecular formula is C25H42NO3PPdS. The molecule has 2 rings (SSSR count). The van der Waals surface area contributed by atoms with Crippen molar-refractivity contribution in [1.82, 2.24) is 0 Å². The molecule has 3 N–H and O–H groups in total.